The van der Waals surface area contributed by atoms with Crippen LogP contribution in [0.3, 0.4) is 0 Å². The fourth-order valence-electron chi connectivity index (χ4n) is 2.31. The van der Waals surface area contributed by atoms with Crippen molar-refractivity contribution in [2.75, 3.05) is 6.61 Å². The monoisotopic (exact) mass is 269 g/mol. The van der Waals surface area contributed by atoms with Gasteiger partial charge in [-0.2, -0.15) is 0 Å². The normalized spacial score (nSPS) is 10.3. The van der Waals surface area contributed by atoms with Gasteiger partial charge in [-0.25, -0.2) is 0 Å². The summed E-state index contributed by atoms with van der Waals surface area (Å²) in [6.45, 7) is 2.65. The molecule has 0 atom stereocenters. The van der Waals surface area contributed by atoms with E-state index in [0.717, 1.165) is 6.42 Å². The molecular formula is C16H34AlO+3. The molecule has 1 N–H and O–H groups in total. The molecule has 0 aliphatic rings. The Hall–Kier alpha value is 0.492. The van der Waals surface area contributed by atoms with Gasteiger partial charge >= 0.3 is 17.4 Å². The van der Waals surface area contributed by atoms with Crippen molar-refractivity contribution >= 4 is 17.4 Å². The average molecular weight is 269 g/mol. The van der Waals surface area contributed by atoms with E-state index < -0.39 is 0 Å². The van der Waals surface area contributed by atoms with Gasteiger partial charge in [-0.05, 0) is 6.42 Å². The summed E-state index contributed by atoms with van der Waals surface area (Å²) in [4.78, 5) is 0. The van der Waals surface area contributed by atoms with Gasteiger partial charge in [0.25, 0.3) is 0 Å². The summed E-state index contributed by atoms with van der Waals surface area (Å²) in [6.07, 6.45) is 19.2. The molecule has 0 saturated carbocycles. The maximum atomic E-state index is 8.64. The predicted octanol–water partition coefficient (Wildman–Crippen LogP) is 5.08. The summed E-state index contributed by atoms with van der Waals surface area (Å²) in [5.74, 6) is 0. The number of hydrogen-bond donors (Lipinski definition) is 1. The molecule has 0 rings (SSSR count). The van der Waals surface area contributed by atoms with E-state index in [1.54, 1.807) is 0 Å². The first-order chi connectivity index (χ1) is 8.41. The Balaban J connectivity index is 0. The van der Waals surface area contributed by atoms with Crippen LogP contribution < -0.4 is 0 Å². The van der Waals surface area contributed by atoms with E-state index in [2.05, 4.69) is 6.92 Å². The second-order valence-corrected chi connectivity index (χ2v) is 5.32. The van der Waals surface area contributed by atoms with Crippen LogP contribution in [0.25, 0.3) is 0 Å². The van der Waals surface area contributed by atoms with E-state index in [9.17, 15) is 0 Å². The van der Waals surface area contributed by atoms with Crippen LogP contribution in [0.15, 0.2) is 0 Å². The van der Waals surface area contributed by atoms with Gasteiger partial charge in [-0.1, -0.05) is 90.4 Å². The summed E-state index contributed by atoms with van der Waals surface area (Å²) in [5.41, 5.74) is 0. The third kappa shape index (κ3) is 18.8. The fourth-order valence-corrected chi connectivity index (χ4v) is 2.31. The van der Waals surface area contributed by atoms with Crippen LogP contribution in [-0.2, 0) is 0 Å². The molecule has 0 spiro atoms. The second-order valence-electron chi connectivity index (χ2n) is 5.32. The molecule has 0 bridgehead atoms. The fraction of sp³-hybridized carbons (Fsp3) is 1.00. The van der Waals surface area contributed by atoms with Gasteiger partial charge in [0.05, 0.1) is 0 Å². The molecule has 0 radical (unpaired) electrons. The first-order valence-electron chi connectivity index (χ1n) is 8.02. The number of rotatable bonds is 14. The van der Waals surface area contributed by atoms with E-state index in [4.69, 9.17) is 5.11 Å². The van der Waals surface area contributed by atoms with E-state index in [-0.39, 0.29) is 17.4 Å². The Labute approximate surface area is 126 Å². The third-order valence-corrected chi connectivity index (χ3v) is 3.51. The Morgan fingerprint density at radius 1 is 0.500 bits per heavy atom. The van der Waals surface area contributed by atoms with Crippen LogP contribution in [0.2, 0.25) is 0 Å². The standard InChI is InChI=1S/C16H34O.Al/c1-2-3-4-5-6-7-8-9-10-11-12-13-14-15-16-17;/h17H,2-16H2,1H3;/q;+3. The molecule has 0 aliphatic carbocycles. The van der Waals surface area contributed by atoms with Crippen LogP contribution in [0.5, 0.6) is 0 Å². The Kier molecular flexibility index (Phi) is 22.9. The van der Waals surface area contributed by atoms with Crippen LogP contribution in [0.1, 0.15) is 96.8 Å². The second kappa shape index (κ2) is 19.8. The van der Waals surface area contributed by atoms with Crippen LogP contribution >= 0.6 is 0 Å². The maximum Gasteiger partial charge on any atom is 3.00 e. The number of aliphatic hydroxyl groups excluding tert-OH is 1. The van der Waals surface area contributed by atoms with E-state index in [1.807, 2.05) is 0 Å². The van der Waals surface area contributed by atoms with Gasteiger partial charge in [0, 0.05) is 6.61 Å². The van der Waals surface area contributed by atoms with E-state index in [0.29, 0.717) is 6.61 Å². The molecule has 18 heavy (non-hydrogen) atoms. The van der Waals surface area contributed by atoms with Crippen LogP contribution in [0.4, 0.5) is 0 Å². The zero-order valence-corrected chi connectivity index (χ0v) is 13.8. The molecule has 0 fully saturated rings. The SMILES string of the molecule is CCCCCCCCCCCCCCCCO.[Al+3]. The summed E-state index contributed by atoms with van der Waals surface area (Å²) in [6, 6.07) is 0. The molecule has 1 nitrogen and oxygen atoms in total. The quantitative estimate of drug-likeness (QED) is 0.344. The third-order valence-electron chi connectivity index (χ3n) is 3.51. The molecule has 0 aromatic carbocycles. The average Bonchev–Trinajstić information content (AvgIpc) is 2.35. The molecule has 0 aromatic heterocycles. The number of hydrogen-bond acceptors (Lipinski definition) is 1. The van der Waals surface area contributed by atoms with Gasteiger partial charge in [-0.3, -0.25) is 0 Å². The molecule has 0 amide bonds. The topological polar surface area (TPSA) is 20.2 Å². The van der Waals surface area contributed by atoms with Gasteiger partial charge in [-0.15, -0.1) is 0 Å². The zero-order valence-electron chi connectivity index (χ0n) is 12.6. The van der Waals surface area contributed by atoms with Crippen LogP contribution in [-0.4, -0.2) is 29.1 Å². The maximum absolute atomic E-state index is 8.64. The van der Waals surface area contributed by atoms with Crippen molar-refractivity contribution in [2.45, 2.75) is 96.8 Å². The van der Waals surface area contributed by atoms with Gasteiger partial charge in [0.2, 0.25) is 0 Å². The van der Waals surface area contributed by atoms with E-state index in [1.165, 1.54) is 83.5 Å². The summed E-state index contributed by atoms with van der Waals surface area (Å²) >= 11 is 0. The summed E-state index contributed by atoms with van der Waals surface area (Å²) in [7, 11) is 0. The number of unbranched alkanes of at least 4 members (excludes halogenated alkanes) is 13. The minimum Gasteiger partial charge on any atom is -0.396 e. The van der Waals surface area contributed by atoms with Crippen molar-refractivity contribution in [3.8, 4) is 0 Å². The molecule has 0 saturated heterocycles. The van der Waals surface area contributed by atoms with Crippen molar-refractivity contribution in [2.24, 2.45) is 0 Å². The zero-order chi connectivity index (χ0) is 12.6. The minimum atomic E-state index is 0. The first-order valence-corrected chi connectivity index (χ1v) is 8.02. The van der Waals surface area contributed by atoms with Crippen molar-refractivity contribution in [1.82, 2.24) is 0 Å². The Bertz CT molecular complexity index is 114. The van der Waals surface area contributed by atoms with Gasteiger partial charge in [0.1, 0.15) is 0 Å². The summed E-state index contributed by atoms with van der Waals surface area (Å²) < 4.78 is 0. The van der Waals surface area contributed by atoms with Gasteiger partial charge < -0.3 is 5.11 Å². The largest absolute Gasteiger partial charge is 3.00 e. The Morgan fingerprint density at radius 2 is 0.778 bits per heavy atom. The molecule has 0 heterocycles. The Morgan fingerprint density at radius 3 is 1.06 bits per heavy atom. The van der Waals surface area contributed by atoms with E-state index >= 15 is 0 Å². The molecule has 0 aliphatic heterocycles. The molecule has 104 valence electrons. The molecular weight excluding hydrogens is 235 g/mol. The predicted molar refractivity (Wildman–Crippen MR) is 83.2 cm³/mol. The van der Waals surface area contributed by atoms with Gasteiger partial charge in [0.15, 0.2) is 0 Å². The van der Waals surface area contributed by atoms with Crippen molar-refractivity contribution in [1.29, 1.82) is 0 Å². The molecule has 0 aromatic rings. The summed E-state index contributed by atoms with van der Waals surface area (Å²) in [5, 5.41) is 8.64. The molecule has 0 unspecified atom stereocenters. The first kappa shape index (κ1) is 20.8. The van der Waals surface area contributed by atoms with Crippen LogP contribution in [0, 0.1) is 0 Å². The van der Waals surface area contributed by atoms with Crippen molar-refractivity contribution < 1.29 is 5.11 Å². The number of aliphatic hydroxyl groups is 1. The minimum absolute atomic E-state index is 0. The van der Waals surface area contributed by atoms with Crippen molar-refractivity contribution in [3.63, 3.8) is 0 Å². The molecule has 2 heteroatoms. The van der Waals surface area contributed by atoms with Crippen molar-refractivity contribution in [3.05, 3.63) is 0 Å². The smallest absolute Gasteiger partial charge is 0.396 e.